The van der Waals surface area contributed by atoms with Crippen LogP contribution in [0.25, 0.3) is 16.2 Å². The Morgan fingerprint density at radius 2 is 2.09 bits per heavy atom. The van der Waals surface area contributed by atoms with Gasteiger partial charge in [-0.15, -0.1) is 0 Å². The normalized spacial score (nSPS) is 6.91. The minimum atomic E-state index is -0.239. The number of rotatable bonds is 1. The quantitative estimate of drug-likeness (QED) is 0.196. The van der Waals surface area contributed by atoms with Gasteiger partial charge in [0.05, 0.1) is 5.95 Å². The van der Waals surface area contributed by atoms with Gasteiger partial charge in [-0.05, 0) is 5.53 Å². The van der Waals surface area contributed by atoms with Crippen molar-refractivity contribution >= 4 is 11.9 Å². The van der Waals surface area contributed by atoms with Gasteiger partial charge in [0.2, 0.25) is 0 Å². The molecule has 0 saturated carbocycles. The molecule has 1 aromatic rings. The molecule has 1 aromatic heterocycles. The van der Waals surface area contributed by atoms with Crippen molar-refractivity contribution in [2.75, 3.05) is 0 Å². The first-order chi connectivity index (χ1) is 4.33. The van der Waals surface area contributed by atoms with Crippen LogP contribution in [0.5, 0.6) is 0 Å². The second-order valence-corrected chi connectivity index (χ2v) is 1.12. The number of hydrogen-bond acceptors (Lipinski definition) is 3. The summed E-state index contributed by atoms with van der Waals surface area (Å²) >= 11 is 0. The van der Waals surface area contributed by atoms with Crippen LogP contribution in [0.1, 0.15) is 0 Å². The third-order valence-corrected chi connectivity index (χ3v) is 0.574. The van der Waals surface area contributed by atoms with E-state index in [1.165, 1.54) is 0 Å². The SMILES string of the molecule is [K+].[K+].[N-]=[N+]=Nc1nnc([NH-])[n-]1. The van der Waals surface area contributed by atoms with Gasteiger partial charge in [-0.3, -0.25) is 0 Å². The van der Waals surface area contributed by atoms with Gasteiger partial charge in [0.15, 0.2) is 0 Å². The van der Waals surface area contributed by atoms with Crippen molar-refractivity contribution in [3.8, 4) is 0 Å². The Hall–Kier alpha value is 1.52. The van der Waals surface area contributed by atoms with E-state index in [2.05, 4.69) is 25.2 Å². The summed E-state index contributed by atoms with van der Waals surface area (Å²) < 4.78 is 0. The van der Waals surface area contributed by atoms with Gasteiger partial charge >= 0.3 is 103 Å². The van der Waals surface area contributed by atoms with Crippen molar-refractivity contribution in [2.24, 2.45) is 5.11 Å². The summed E-state index contributed by atoms with van der Waals surface area (Å²) in [6.07, 6.45) is 0. The fourth-order valence-electron chi connectivity index (χ4n) is 0.314. The number of nitrogens with zero attached hydrogens (tertiary/aromatic N) is 6. The molecule has 0 aliphatic carbocycles. The summed E-state index contributed by atoms with van der Waals surface area (Å²) in [5.41, 5.74) is 14.5. The second-order valence-electron chi connectivity index (χ2n) is 1.12. The Morgan fingerprint density at radius 3 is 2.45 bits per heavy atom. The predicted molar refractivity (Wildman–Crippen MR) is 28.1 cm³/mol. The van der Waals surface area contributed by atoms with Crippen LogP contribution in [0.2, 0.25) is 0 Å². The van der Waals surface area contributed by atoms with Gasteiger partial charge in [-0.1, -0.05) is 5.11 Å². The zero-order valence-electron chi connectivity index (χ0n) is 6.18. The minimum Gasteiger partial charge on any atom is -0.566 e. The van der Waals surface area contributed by atoms with Crippen LogP contribution >= 0.6 is 0 Å². The molecule has 0 aliphatic heterocycles. The maximum atomic E-state index is 7.82. The van der Waals surface area contributed by atoms with E-state index in [1.54, 1.807) is 0 Å². The average molecular weight is 201 g/mol. The molecule has 0 atom stereocenters. The summed E-state index contributed by atoms with van der Waals surface area (Å²) in [6, 6.07) is 0. The predicted octanol–water partition coefficient (Wildman–Crippen LogP) is -4.93. The molecule has 46 valence electrons. The van der Waals surface area contributed by atoms with Crippen LogP contribution in [0.3, 0.4) is 0 Å². The molecule has 0 fully saturated rings. The summed E-state index contributed by atoms with van der Waals surface area (Å²) in [5.74, 6) is -0.347. The molecular formula is C2HK2N7. The minimum absolute atomic E-state index is 0. The van der Waals surface area contributed by atoms with Crippen LogP contribution in [-0.2, 0) is 0 Å². The first-order valence-corrected chi connectivity index (χ1v) is 1.97. The summed E-state index contributed by atoms with van der Waals surface area (Å²) in [6.45, 7) is 0. The fourth-order valence-corrected chi connectivity index (χ4v) is 0.314. The average Bonchev–Trinajstić information content (AvgIpc) is 2.17. The van der Waals surface area contributed by atoms with Gasteiger partial charge < -0.3 is 20.9 Å². The molecule has 0 bridgehead atoms. The van der Waals surface area contributed by atoms with Gasteiger partial charge in [0.25, 0.3) is 0 Å². The van der Waals surface area contributed by atoms with E-state index in [0.717, 1.165) is 0 Å². The maximum absolute atomic E-state index is 7.82. The van der Waals surface area contributed by atoms with E-state index < -0.39 is 0 Å². The fraction of sp³-hybridized carbons (Fsp3) is 0. The van der Waals surface area contributed by atoms with Gasteiger partial charge in [0.1, 0.15) is 0 Å². The first-order valence-electron chi connectivity index (χ1n) is 1.97. The Kier molecular flexibility index (Phi) is 11.1. The summed E-state index contributed by atoms with van der Waals surface area (Å²) in [4.78, 5) is 5.72. The van der Waals surface area contributed by atoms with Crippen molar-refractivity contribution in [3.05, 3.63) is 16.2 Å². The third-order valence-electron chi connectivity index (χ3n) is 0.574. The van der Waals surface area contributed by atoms with Crippen molar-refractivity contribution in [1.82, 2.24) is 15.2 Å². The molecule has 1 heterocycles. The Morgan fingerprint density at radius 1 is 1.45 bits per heavy atom. The zero-order valence-corrected chi connectivity index (χ0v) is 12.4. The molecule has 0 amide bonds. The van der Waals surface area contributed by atoms with Gasteiger partial charge in [0, 0.05) is 4.91 Å². The smallest absolute Gasteiger partial charge is 0.566 e. The second kappa shape index (κ2) is 8.14. The molecule has 0 spiro atoms. The number of nitrogens with one attached hydrogen (secondary N) is 1. The van der Waals surface area contributed by atoms with Crippen LogP contribution < -0.4 is 108 Å². The van der Waals surface area contributed by atoms with Crippen molar-refractivity contribution in [3.63, 3.8) is 0 Å². The maximum Gasteiger partial charge on any atom is 1.00 e. The number of azide groups is 1. The van der Waals surface area contributed by atoms with Crippen molar-refractivity contribution < 1.29 is 103 Å². The van der Waals surface area contributed by atoms with Gasteiger partial charge in [-0.2, -0.15) is 5.95 Å². The van der Waals surface area contributed by atoms with Crippen molar-refractivity contribution in [2.45, 2.75) is 0 Å². The largest absolute Gasteiger partial charge is 1.00 e. The van der Waals surface area contributed by atoms with E-state index in [9.17, 15) is 0 Å². The van der Waals surface area contributed by atoms with Crippen LogP contribution in [0.15, 0.2) is 5.11 Å². The monoisotopic (exact) mass is 201 g/mol. The Labute approximate surface area is 147 Å². The van der Waals surface area contributed by atoms with E-state index in [-0.39, 0.29) is 115 Å². The molecule has 7 nitrogen and oxygen atoms in total. The van der Waals surface area contributed by atoms with Crippen molar-refractivity contribution in [1.29, 1.82) is 0 Å². The molecule has 11 heavy (non-hydrogen) atoms. The molecule has 0 aromatic carbocycles. The first kappa shape index (κ1) is 15.0. The zero-order chi connectivity index (χ0) is 6.69. The molecule has 0 radical (unpaired) electrons. The molecule has 1 rings (SSSR count). The van der Waals surface area contributed by atoms with E-state index in [1.807, 2.05) is 0 Å². The standard InChI is InChI=1S/C2HN7.2K/c3-1-5-2(7-6-1)8-9-4;;/h(H-2,3,5,6,7);;/q-2;2*+1. The van der Waals surface area contributed by atoms with E-state index in [0.29, 0.717) is 0 Å². The molecule has 0 unspecified atom stereocenters. The topological polar surface area (TPSA) is 112 Å². The molecule has 1 N–H and O–H groups in total. The summed E-state index contributed by atoms with van der Waals surface area (Å²) in [7, 11) is 0. The van der Waals surface area contributed by atoms with Crippen LogP contribution in [0.4, 0.5) is 11.9 Å². The third kappa shape index (κ3) is 5.71. The number of aromatic nitrogens is 3. The number of hydrogen-bond donors (Lipinski definition) is 0. The van der Waals surface area contributed by atoms with Gasteiger partial charge in [-0.25, -0.2) is 0 Å². The van der Waals surface area contributed by atoms with Crippen LogP contribution in [0, 0.1) is 0 Å². The molecular weight excluding hydrogens is 200 g/mol. The Bertz CT molecular complexity index is 249. The molecule has 9 heteroatoms. The summed E-state index contributed by atoms with van der Waals surface area (Å²) in [5, 5.41) is 9.42. The molecule has 0 aliphatic rings. The molecule has 0 saturated heterocycles. The van der Waals surface area contributed by atoms with E-state index >= 15 is 0 Å². The van der Waals surface area contributed by atoms with E-state index in [4.69, 9.17) is 11.3 Å². The van der Waals surface area contributed by atoms with Crippen LogP contribution in [-0.4, -0.2) is 10.2 Å². The Balaban J connectivity index is 0.